The predicted octanol–water partition coefficient (Wildman–Crippen LogP) is 7.92. The highest BCUT2D eigenvalue weighted by Crippen LogP contribution is 2.45. The molecule has 0 amide bonds. The SMILES string of the molecule is CCCC1(CC)c2cc(C)c(C)cc2CCCCCC(C)CCC1C. The van der Waals surface area contributed by atoms with E-state index in [2.05, 4.69) is 53.7 Å². The van der Waals surface area contributed by atoms with E-state index in [1.165, 1.54) is 75.3 Å². The zero-order chi connectivity index (χ0) is 18.4. The second-order valence-electron chi connectivity index (χ2n) is 9.04. The summed E-state index contributed by atoms with van der Waals surface area (Å²) >= 11 is 0. The van der Waals surface area contributed by atoms with Gasteiger partial charge >= 0.3 is 0 Å². The van der Waals surface area contributed by atoms with E-state index in [1.807, 2.05) is 0 Å². The van der Waals surface area contributed by atoms with Crippen LogP contribution in [0.25, 0.3) is 0 Å². The average molecular weight is 343 g/mol. The predicted molar refractivity (Wildman–Crippen MR) is 113 cm³/mol. The Kier molecular flexibility index (Phi) is 7.59. The summed E-state index contributed by atoms with van der Waals surface area (Å²) in [5.41, 5.74) is 6.72. The van der Waals surface area contributed by atoms with Crippen LogP contribution in [-0.2, 0) is 11.8 Å². The lowest BCUT2D eigenvalue weighted by atomic mass is 9.62. The van der Waals surface area contributed by atoms with Crippen LogP contribution in [0.4, 0.5) is 0 Å². The van der Waals surface area contributed by atoms with Crippen LogP contribution in [0.2, 0.25) is 0 Å². The Labute approximate surface area is 157 Å². The topological polar surface area (TPSA) is 0 Å². The van der Waals surface area contributed by atoms with Gasteiger partial charge in [-0.25, -0.2) is 0 Å². The minimum atomic E-state index is 0.376. The maximum atomic E-state index is 2.58. The number of hydrogen-bond donors (Lipinski definition) is 0. The molecule has 0 aromatic heterocycles. The Morgan fingerprint density at radius 2 is 1.64 bits per heavy atom. The van der Waals surface area contributed by atoms with Gasteiger partial charge in [0.2, 0.25) is 0 Å². The smallest absolute Gasteiger partial charge is 0.00213 e. The van der Waals surface area contributed by atoms with Crippen molar-refractivity contribution >= 4 is 0 Å². The maximum absolute atomic E-state index is 2.58. The molecule has 0 bridgehead atoms. The van der Waals surface area contributed by atoms with Crippen molar-refractivity contribution in [2.45, 2.75) is 111 Å². The van der Waals surface area contributed by atoms with Gasteiger partial charge in [0.25, 0.3) is 0 Å². The van der Waals surface area contributed by atoms with E-state index in [1.54, 1.807) is 11.1 Å². The molecule has 0 nitrogen and oxygen atoms in total. The molecule has 2 rings (SSSR count). The van der Waals surface area contributed by atoms with Crippen molar-refractivity contribution in [3.8, 4) is 0 Å². The Hall–Kier alpha value is -0.780. The van der Waals surface area contributed by atoms with Crippen molar-refractivity contribution in [1.82, 2.24) is 0 Å². The lowest BCUT2D eigenvalue weighted by Crippen LogP contribution is -2.35. The first kappa shape index (κ1) is 20.5. The van der Waals surface area contributed by atoms with Crippen LogP contribution < -0.4 is 0 Å². The molecule has 25 heavy (non-hydrogen) atoms. The van der Waals surface area contributed by atoms with Crippen LogP contribution in [0.15, 0.2) is 12.1 Å². The number of aryl methyl sites for hydroxylation is 3. The molecule has 1 aromatic rings. The van der Waals surface area contributed by atoms with Crippen molar-refractivity contribution in [2.24, 2.45) is 11.8 Å². The molecule has 3 unspecified atom stereocenters. The number of hydrogen-bond acceptors (Lipinski definition) is 0. The van der Waals surface area contributed by atoms with Gasteiger partial charge in [-0.1, -0.05) is 71.9 Å². The van der Waals surface area contributed by atoms with Gasteiger partial charge in [0.1, 0.15) is 0 Å². The Morgan fingerprint density at radius 1 is 0.920 bits per heavy atom. The van der Waals surface area contributed by atoms with E-state index in [0.29, 0.717) is 5.41 Å². The zero-order valence-corrected chi connectivity index (χ0v) is 17.9. The van der Waals surface area contributed by atoms with Crippen molar-refractivity contribution in [2.75, 3.05) is 0 Å². The summed E-state index contributed by atoms with van der Waals surface area (Å²) in [6.07, 6.45) is 13.6. The van der Waals surface area contributed by atoms with Crippen LogP contribution in [0.1, 0.15) is 108 Å². The van der Waals surface area contributed by atoms with Gasteiger partial charge < -0.3 is 0 Å². The van der Waals surface area contributed by atoms with Gasteiger partial charge in [0, 0.05) is 0 Å². The van der Waals surface area contributed by atoms with E-state index in [0.717, 1.165) is 11.8 Å². The molecule has 1 aliphatic carbocycles. The van der Waals surface area contributed by atoms with Crippen LogP contribution >= 0.6 is 0 Å². The lowest BCUT2D eigenvalue weighted by molar-refractivity contribution is 0.222. The molecule has 1 aliphatic rings. The molecule has 1 aromatic carbocycles. The van der Waals surface area contributed by atoms with Crippen molar-refractivity contribution in [3.05, 3.63) is 34.4 Å². The fourth-order valence-electron chi connectivity index (χ4n) is 5.29. The van der Waals surface area contributed by atoms with Gasteiger partial charge in [-0.2, -0.15) is 0 Å². The van der Waals surface area contributed by atoms with Crippen molar-refractivity contribution in [3.63, 3.8) is 0 Å². The molecule has 142 valence electrons. The minimum Gasteiger partial charge on any atom is -0.0654 e. The largest absolute Gasteiger partial charge is 0.0654 e. The molecule has 0 aliphatic heterocycles. The lowest BCUT2D eigenvalue weighted by Gasteiger charge is -2.42. The molecule has 0 saturated carbocycles. The van der Waals surface area contributed by atoms with Gasteiger partial charge in [0.05, 0.1) is 0 Å². The first-order valence-corrected chi connectivity index (χ1v) is 11.0. The van der Waals surface area contributed by atoms with Crippen molar-refractivity contribution in [1.29, 1.82) is 0 Å². The summed E-state index contributed by atoms with van der Waals surface area (Å²) < 4.78 is 0. The summed E-state index contributed by atoms with van der Waals surface area (Å²) in [5, 5.41) is 0. The molecule has 0 spiro atoms. The molecular weight excluding hydrogens is 300 g/mol. The molecular formula is C25H42. The first-order valence-electron chi connectivity index (χ1n) is 11.0. The first-order chi connectivity index (χ1) is 11.9. The fraction of sp³-hybridized carbons (Fsp3) is 0.760. The highest BCUT2D eigenvalue weighted by molar-refractivity contribution is 5.42. The number of rotatable bonds is 3. The standard InChI is InChI=1S/C25H42/c1-7-16-25(8-2)22(6)15-14-19(3)12-10-9-11-13-23-17-20(4)21(5)18-24(23)25/h17-19,22H,7-16H2,1-6H3. The van der Waals surface area contributed by atoms with E-state index in [4.69, 9.17) is 0 Å². The van der Waals surface area contributed by atoms with E-state index in [-0.39, 0.29) is 0 Å². The quantitative estimate of drug-likeness (QED) is 0.523. The second kappa shape index (κ2) is 9.24. The van der Waals surface area contributed by atoms with Gasteiger partial charge in [0.15, 0.2) is 0 Å². The van der Waals surface area contributed by atoms with Crippen LogP contribution in [0, 0.1) is 25.7 Å². The molecule has 3 atom stereocenters. The Bertz CT molecular complexity index is 541. The Morgan fingerprint density at radius 3 is 2.32 bits per heavy atom. The van der Waals surface area contributed by atoms with Crippen molar-refractivity contribution < 1.29 is 0 Å². The van der Waals surface area contributed by atoms with E-state index < -0.39 is 0 Å². The summed E-state index contributed by atoms with van der Waals surface area (Å²) in [6, 6.07) is 5.11. The van der Waals surface area contributed by atoms with Crippen LogP contribution in [-0.4, -0.2) is 0 Å². The molecule has 0 fully saturated rings. The third-order valence-corrected chi connectivity index (χ3v) is 7.26. The summed E-state index contributed by atoms with van der Waals surface area (Å²) in [6.45, 7) is 14.5. The third kappa shape index (κ3) is 4.69. The molecule has 0 heterocycles. The van der Waals surface area contributed by atoms with Gasteiger partial charge in [-0.05, 0) is 85.5 Å². The monoisotopic (exact) mass is 342 g/mol. The average Bonchev–Trinajstić information content (AvgIpc) is 2.59. The van der Waals surface area contributed by atoms with Gasteiger partial charge in [-0.3, -0.25) is 0 Å². The highest BCUT2D eigenvalue weighted by atomic mass is 14.4. The Balaban J connectivity index is 2.53. The van der Waals surface area contributed by atoms with E-state index in [9.17, 15) is 0 Å². The van der Waals surface area contributed by atoms with Gasteiger partial charge in [-0.15, -0.1) is 0 Å². The summed E-state index contributed by atoms with van der Waals surface area (Å²) in [5.74, 6) is 1.68. The van der Waals surface area contributed by atoms with Crippen LogP contribution in [0.3, 0.4) is 0 Å². The van der Waals surface area contributed by atoms with Crippen LogP contribution in [0.5, 0.6) is 0 Å². The molecule has 0 heteroatoms. The summed E-state index contributed by atoms with van der Waals surface area (Å²) in [4.78, 5) is 0. The molecule has 0 N–H and O–H groups in total. The maximum Gasteiger partial charge on any atom is -0.00213 e. The third-order valence-electron chi connectivity index (χ3n) is 7.26. The molecule has 0 radical (unpaired) electrons. The fourth-order valence-corrected chi connectivity index (χ4v) is 5.29. The normalized spacial score (nSPS) is 28.7. The summed E-state index contributed by atoms with van der Waals surface area (Å²) in [7, 11) is 0. The highest BCUT2D eigenvalue weighted by Gasteiger charge is 2.37. The number of fused-ring (bicyclic) bond motifs is 1. The number of benzene rings is 1. The molecule has 0 saturated heterocycles. The minimum absolute atomic E-state index is 0.376. The van der Waals surface area contributed by atoms with E-state index >= 15 is 0 Å². The zero-order valence-electron chi connectivity index (χ0n) is 17.9. The second-order valence-corrected chi connectivity index (χ2v) is 9.04.